The molecule has 0 bridgehead atoms. The lowest BCUT2D eigenvalue weighted by atomic mass is 10.3. The number of hydrogen-bond donors (Lipinski definition) is 2. The first-order chi connectivity index (χ1) is 9.85. The van der Waals surface area contributed by atoms with Gasteiger partial charge in [-0.15, -0.1) is 0 Å². The van der Waals surface area contributed by atoms with Gasteiger partial charge in [0, 0.05) is 25.4 Å². The smallest absolute Gasteiger partial charge is 0.265 e. The normalized spacial score (nSPS) is 11.2. The highest BCUT2D eigenvalue weighted by molar-refractivity contribution is 7.92. The molecule has 0 amide bonds. The molecule has 2 rings (SSSR count). The minimum absolute atomic E-state index is 0.0352. The number of hydrogen-bond acceptors (Lipinski definition) is 4. The van der Waals surface area contributed by atoms with Gasteiger partial charge in [-0.3, -0.25) is 4.72 Å². The third kappa shape index (κ3) is 3.07. The predicted octanol–water partition coefficient (Wildman–Crippen LogP) is 2.34. The van der Waals surface area contributed by atoms with E-state index in [4.69, 9.17) is 0 Å². The van der Waals surface area contributed by atoms with Crippen molar-refractivity contribution < 1.29 is 21.6 Å². The van der Waals surface area contributed by atoms with E-state index in [0.29, 0.717) is 6.07 Å². The Morgan fingerprint density at radius 2 is 1.76 bits per heavy atom. The van der Waals surface area contributed by atoms with Gasteiger partial charge in [-0.2, -0.15) is 0 Å². The third-order valence-corrected chi connectivity index (χ3v) is 3.95. The fourth-order valence-electron chi connectivity index (χ4n) is 1.60. The molecule has 0 saturated carbocycles. The Balaban J connectivity index is 2.45. The van der Waals surface area contributed by atoms with Crippen LogP contribution in [-0.4, -0.2) is 20.4 Å². The zero-order valence-electron chi connectivity index (χ0n) is 10.7. The minimum atomic E-state index is -4.21. The molecule has 0 unspecified atom stereocenters. The Bertz CT molecular complexity index is 781. The SMILES string of the molecule is CNc1ncccc1S(=O)(=O)Nc1cc(F)c(F)cc1F. The molecule has 0 aliphatic carbocycles. The van der Waals surface area contributed by atoms with Crippen molar-refractivity contribution in [3.63, 3.8) is 0 Å². The second kappa shape index (κ2) is 5.60. The summed E-state index contributed by atoms with van der Waals surface area (Å²) in [5, 5.41) is 2.56. The molecule has 0 saturated heterocycles. The van der Waals surface area contributed by atoms with Crippen LogP contribution in [0.3, 0.4) is 0 Å². The lowest BCUT2D eigenvalue weighted by Crippen LogP contribution is -2.16. The maximum atomic E-state index is 13.5. The van der Waals surface area contributed by atoms with E-state index in [0.717, 1.165) is 0 Å². The third-order valence-electron chi connectivity index (χ3n) is 2.55. The maximum absolute atomic E-state index is 13.5. The van der Waals surface area contributed by atoms with Crippen molar-refractivity contribution in [2.45, 2.75) is 4.90 Å². The van der Waals surface area contributed by atoms with Crippen molar-refractivity contribution in [2.24, 2.45) is 0 Å². The van der Waals surface area contributed by atoms with Crippen molar-refractivity contribution in [1.82, 2.24) is 4.98 Å². The van der Waals surface area contributed by atoms with E-state index >= 15 is 0 Å². The fourth-order valence-corrected chi connectivity index (χ4v) is 2.82. The summed E-state index contributed by atoms with van der Waals surface area (Å²) in [6, 6.07) is 3.29. The van der Waals surface area contributed by atoms with Gasteiger partial charge < -0.3 is 5.32 Å². The number of anilines is 2. The monoisotopic (exact) mass is 317 g/mol. The Hall–Kier alpha value is -2.29. The summed E-state index contributed by atoms with van der Waals surface area (Å²) in [5.41, 5.74) is -0.695. The minimum Gasteiger partial charge on any atom is -0.372 e. The van der Waals surface area contributed by atoms with Crippen molar-refractivity contribution in [2.75, 3.05) is 17.1 Å². The molecule has 2 aromatic rings. The summed E-state index contributed by atoms with van der Waals surface area (Å²) < 4.78 is 65.6. The number of sulfonamides is 1. The highest BCUT2D eigenvalue weighted by atomic mass is 32.2. The van der Waals surface area contributed by atoms with Crippen LogP contribution in [-0.2, 0) is 10.0 Å². The molecule has 0 aliphatic heterocycles. The largest absolute Gasteiger partial charge is 0.372 e. The van der Waals surface area contributed by atoms with E-state index < -0.39 is 33.2 Å². The van der Waals surface area contributed by atoms with Crippen LogP contribution in [0.15, 0.2) is 35.4 Å². The second-order valence-corrected chi connectivity index (χ2v) is 5.60. The Morgan fingerprint density at radius 3 is 2.43 bits per heavy atom. The standard InChI is InChI=1S/C12H10F3N3O2S/c1-16-12-11(3-2-4-17-12)21(19,20)18-10-6-8(14)7(13)5-9(10)15/h2-6,18H,1H3,(H,16,17). The lowest BCUT2D eigenvalue weighted by molar-refractivity contribution is 0.496. The van der Waals surface area contributed by atoms with E-state index in [1.165, 1.54) is 25.4 Å². The molecule has 0 radical (unpaired) electrons. The molecule has 0 fully saturated rings. The lowest BCUT2D eigenvalue weighted by Gasteiger charge is -2.11. The van der Waals surface area contributed by atoms with E-state index in [1.54, 1.807) is 0 Å². The summed E-state index contributed by atoms with van der Waals surface area (Å²) in [6.45, 7) is 0. The predicted molar refractivity (Wildman–Crippen MR) is 70.9 cm³/mol. The molecule has 0 aliphatic rings. The summed E-state index contributed by atoms with van der Waals surface area (Å²) in [5.74, 6) is -3.97. The second-order valence-electron chi connectivity index (χ2n) is 3.95. The van der Waals surface area contributed by atoms with Crippen LogP contribution in [0.25, 0.3) is 0 Å². The van der Waals surface area contributed by atoms with Crippen molar-refractivity contribution >= 4 is 21.5 Å². The molecule has 5 nitrogen and oxygen atoms in total. The molecule has 9 heteroatoms. The number of halogens is 3. The highest BCUT2D eigenvalue weighted by Crippen LogP contribution is 2.24. The van der Waals surface area contributed by atoms with Crippen molar-refractivity contribution in [3.8, 4) is 0 Å². The summed E-state index contributed by atoms with van der Waals surface area (Å²) in [4.78, 5) is 3.55. The van der Waals surface area contributed by atoms with Crippen molar-refractivity contribution in [1.29, 1.82) is 0 Å². The maximum Gasteiger partial charge on any atom is 0.265 e. The van der Waals surface area contributed by atoms with Gasteiger partial charge in [-0.1, -0.05) is 0 Å². The van der Waals surface area contributed by atoms with Crippen molar-refractivity contribution in [3.05, 3.63) is 47.9 Å². The molecule has 1 aromatic heterocycles. The van der Waals surface area contributed by atoms with Gasteiger partial charge in [0.1, 0.15) is 16.5 Å². The fraction of sp³-hybridized carbons (Fsp3) is 0.0833. The van der Waals surface area contributed by atoms with Crippen LogP contribution in [0, 0.1) is 17.5 Å². The van der Waals surface area contributed by atoms with Gasteiger partial charge >= 0.3 is 0 Å². The number of benzene rings is 1. The highest BCUT2D eigenvalue weighted by Gasteiger charge is 2.21. The topological polar surface area (TPSA) is 71.1 Å². The molecule has 0 spiro atoms. The molecule has 1 aromatic carbocycles. The Kier molecular flexibility index (Phi) is 4.03. The molecular formula is C12H10F3N3O2S. The van der Waals surface area contributed by atoms with Crippen LogP contribution in [0.1, 0.15) is 0 Å². The molecule has 21 heavy (non-hydrogen) atoms. The van der Waals surface area contributed by atoms with Gasteiger partial charge in [0.15, 0.2) is 11.6 Å². The van der Waals surface area contributed by atoms with E-state index in [1.807, 2.05) is 4.72 Å². The summed E-state index contributed by atoms with van der Waals surface area (Å²) in [6.07, 6.45) is 1.36. The molecule has 112 valence electrons. The van der Waals surface area contributed by atoms with Gasteiger partial charge in [0.25, 0.3) is 10.0 Å². The van der Waals surface area contributed by atoms with Crippen LogP contribution in [0.5, 0.6) is 0 Å². The van der Waals surface area contributed by atoms with Gasteiger partial charge in [-0.25, -0.2) is 26.6 Å². The number of rotatable bonds is 4. The van der Waals surface area contributed by atoms with Crippen LogP contribution >= 0.6 is 0 Å². The quantitative estimate of drug-likeness (QED) is 0.849. The molecule has 2 N–H and O–H groups in total. The molecule has 1 heterocycles. The van der Waals surface area contributed by atoms with Crippen LogP contribution in [0.2, 0.25) is 0 Å². The first-order valence-corrected chi connectivity index (χ1v) is 7.13. The van der Waals surface area contributed by atoms with Gasteiger partial charge in [0.2, 0.25) is 0 Å². The molecule has 0 atom stereocenters. The number of pyridine rings is 1. The van der Waals surface area contributed by atoms with Crippen LogP contribution < -0.4 is 10.0 Å². The Labute approximate surface area is 118 Å². The zero-order chi connectivity index (χ0) is 15.6. The van der Waals surface area contributed by atoms with E-state index in [-0.39, 0.29) is 16.8 Å². The summed E-state index contributed by atoms with van der Waals surface area (Å²) >= 11 is 0. The van der Waals surface area contributed by atoms with Gasteiger partial charge in [0.05, 0.1) is 5.69 Å². The number of aromatic nitrogens is 1. The Morgan fingerprint density at radius 1 is 1.10 bits per heavy atom. The zero-order valence-corrected chi connectivity index (χ0v) is 11.5. The van der Waals surface area contributed by atoms with E-state index in [9.17, 15) is 21.6 Å². The van der Waals surface area contributed by atoms with Gasteiger partial charge in [-0.05, 0) is 12.1 Å². The number of nitrogens with one attached hydrogen (secondary N) is 2. The first-order valence-electron chi connectivity index (χ1n) is 5.65. The first kappa shape index (κ1) is 15.1. The molecular weight excluding hydrogens is 307 g/mol. The van der Waals surface area contributed by atoms with E-state index in [2.05, 4.69) is 10.3 Å². The summed E-state index contributed by atoms with van der Waals surface area (Å²) in [7, 11) is -2.75. The average molecular weight is 317 g/mol. The number of nitrogens with zero attached hydrogens (tertiary/aromatic N) is 1. The van der Waals surface area contributed by atoms with Crippen LogP contribution in [0.4, 0.5) is 24.7 Å². The average Bonchev–Trinajstić information content (AvgIpc) is 2.44.